The van der Waals surface area contributed by atoms with Crippen LogP contribution in [0.1, 0.15) is 26.7 Å². The van der Waals surface area contributed by atoms with Gasteiger partial charge in [0.25, 0.3) is 0 Å². The zero-order valence-electron chi connectivity index (χ0n) is 15.5. The van der Waals surface area contributed by atoms with Crippen LogP contribution in [-0.4, -0.2) is 33.7 Å². The Hall–Kier alpha value is -1.92. The van der Waals surface area contributed by atoms with Gasteiger partial charge in [0.05, 0.1) is 0 Å². The fourth-order valence-corrected chi connectivity index (χ4v) is 5.02. The van der Waals surface area contributed by atoms with E-state index in [2.05, 4.69) is 0 Å². The summed E-state index contributed by atoms with van der Waals surface area (Å²) in [5.41, 5.74) is 0.939. The smallest absolute Gasteiger partial charge is 0.219 e. The Bertz CT molecular complexity index is 804. The fraction of sp³-hybridized carbons (Fsp3) is 0.381. The molecule has 2 aromatic rings. The van der Waals surface area contributed by atoms with E-state index in [1.807, 2.05) is 11.8 Å². The Kier molecular flexibility index (Phi) is 6.17. The van der Waals surface area contributed by atoms with Crippen molar-refractivity contribution in [2.75, 3.05) is 13.1 Å². The molecule has 0 aliphatic carbocycles. The first-order chi connectivity index (χ1) is 12.9. The molecule has 2 atom stereocenters. The van der Waals surface area contributed by atoms with Crippen LogP contribution in [-0.2, 0) is 16.0 Å². The normalized spacial score (nSPS) is 17.6. The van der Waals surface area contributed by atoms with E-state index in [1.54, 1.807) is 31.2 Å². The van der Waals surface area contributed by atoms with Gasteiger partial charge in [-0.05, 0) is 72.9 Å². The summed E-state index contributed by atoms with van der Waals surface area (Å²) in [4.78, 5) is 14.0. The Morgan fingerprint density at radius 1 is 1.15 bits per heavy atom. The number of amides is 1. The molecule has 1 saturated heterocycles. The van der Waals surface area contributed by atoms with E-state index in [0.717, 1.165) is 18.9 Å². The molecule has 6 heteroatoms. The molecule has 2 unspecified atom stereocenters. The summed E-state index contributed by atoms with van der Waals surface area (Å²) < 4.78 is 39.9. The Morgan fingerprint density at radius 3 is 2.33 bits per heavy atom. The van der Waals surface area contributed by atoms with Crippen LogP contribution in [0.5, 0.6) is 0 Å². The van der Waals surface area contributed by atoms with Crippen molar-refractivity contribution >= 4 is 17.1 Å². The lowest BCUT2D eigenvalue weighted by molar-refractivity contribution is -0.130. The van der Waals surface area contributed by atoms with Crippen molar-refractivity contribution in [2.24, 2.45) is 5.92 Å². The second kappa shape index (κ2) is 8.40. The quantitative estimate of drug-likeness (QED) is 0.726. The van der Waals surface area contributed by atoms with Gasteiger partial charge in [0.1, 0.15) is 16.9 Å². The van der Waals surface area contributed by atoms with Gasteiger partial charge >= 0.3 is 0 Å². The lowest BCUT2D eigenvalue weighted by Gasteiger charge is -2.34. The van der Waals surface area contributed by atoms with Gasteiger partial charge in [-0.3, -0.25) is 4.79 Å². The molecule has 2 aromatic carbocycles. The van der Waals surface area contributed by atoms with Crippen molar-refractivity contribution in [1.82, 2.24) is 4.90 Å². The molecule has 1 amide bonds. The lowest BCUT2D eigenvalue weighted by Crippen LogP contribution is -2.41. The maximum Gasteiger partial charge on any atom is 0.219 e. The average Bonchev–Trinajstić information content (AvgIpc) is 2.67. The predicted molar refractivity (Wildman–Crippen MR) is 103 cm³/mol. The third-order valence-electron chi connectivity index (χ3n) is 5.32. The summed E-state index contributed by atoms with van der Waals surface area (Å²) in [5, 5.41) is -0.0208. The van der Waals surface area contributed by atoms with E-state index in [-0.39, 0.29) is 11.2 Å². The molecule has 144 valence electrons. The average molecular weight is 391 g/mol. The summed E-state index contributed by atoms with van der Waals surface area (Å²) in [6, 6.07) is 10.4. The molecule has 0 radical (unpaired) electrons. The monoisotopic (exact) mass is 391 g/mol. The van der Waals surface area contributed by atoms with E-state index >= 15 is 0 Å². The molecule has 3 nitrogen and oxygen atoms in total. The van der Waals surface area contributed by atoms with Crippen molar-refractivity contribution in [1.29, 1.82) is 0 Å². The number of likely N-dealkylation sites (tertiary alicyclic amines) is 1. The number of piperidine rings is 1. The Balaban J connectivity index is 1.68. The van der Waals surface area contributed by atoms with Crippen molar-refractivity contribution in [2.45, 2.75) is 36.8 Å². The SMILES string of the molecule is CC(=O)N1CCC(C(C)[S+]([O-])c2ccc(-c3ccc(F)cc3F)cc2)CC1. The molecule has 27 heavy (non-hydrogen) atoms. The van der Waals surface area contributed by atoms with Gasteiger partial charge in [-0.15, -0.1) is 0 Å². The molecule has 0 bridgehead atoms. The lowest BCUT2D eigenvalue weighted by atomic mass is 9.94. The summed E-state index contributed by atoms with van der Waals surface area (Å²) in [6.45, 7) is 4.99. The van der Waals surface area contributed by atoms with Crippen molar-refractivity contribution in [3.8, 4) is 11.1 Å². The number of rotatable bonds is 4. The van der Waals surface area contributed by atoms with Gasteiger partial charge in [0, 0.05) is 37.6 Å². The van der Waals surface area contributed by atoms with Gasteiger partial charge < -0.3 is 9.45 Å². The molecule has 1 heterocycles. The molecule has 1 aliphatic rings. The highest BCUT2D eigenvalue weighted by Gasteiger charge is 2.32. The van der Waals surface area contributed by atoms with Gasteiger partial charge in [-0.25, -0.2) is 8.78 Å². The van der Waals surface area contributed by atoms with Crippen LogP contribution < -0.4 is 0 Å². The molecule has 0 saturated carbocycles. The van der Waals surface area contributed by atoms with Gasteiger partial charge in [-0.1, -0.05) is 0 Å². The first-order valence-electron chi connectivity index (χ1n) is 9.08. The Labute approximate surface area is 161 Å². The minimum Gasteiger partial charge on any atom is -0.611 e. The van der Waals surface area contributed by atoms with Crippen LogP contribution in [0.15, 0.2) is 47.4 Å². The number of nitrogens with zero attached hydrogens (tertiary/aromatic N) is 1. The van der Waals surface area contributed by atoms with Crippen LogP contribution >= 0.6 is 0 Å². The van der Waals surface area contributed by atoms with Crippen molar-refractivity contribution in [3.63, 3.8) is 0 Å². The number of hydrogen-bond donors (Lipinski definition) is 0. The van der Waals surface area contributed by atoms with E-state index in [0.29, 0.717) is 35.0 Å². The summed E-state index contributed by atoms with van der Waals surface area (Å²) in [7, 11) is 0. The maximum atomic E-state index is 13.9. The van der Waals surface area contributed by atoms with Crippen LogP contribution in [0.3, 0.4) is 0 Å². The highest BCUT2D eigenvalue weighted by Crippen LogP contribution is 2.30. The first kappa shape index (κ1) is 19.8. The van der Waals surface area contributed by atoms with Gasteiger partial charge in [0.2, 0.25) is 5.91 Å². The van der Waals surface area contributed by atoms with Crippen LogP contribution in [0.25, 0.3) is 11.1 Å². The molecular weight excluding hydrogens is 368 g/mol. The van der Waals surface area contributed by atoms with E-state index in [4.69, 9.17) is 0 Å². The molecule has 0 aromatic heterocycles. The largest absolute Gasteiger partial charge is 0.611 e. The Morgan fingerprint density at radius 2 is 1.78 bits per heavy atom. The highest BCUT2D eigenvalue weighted by molar-refractivity contribution is 7.92. The highest BCUT2D eigenvalue weighted by atomic mass is 32.2. The van der Waals surface area contributed by atoms with E-state index in [1.165, 1.54) is 12.1 Å². The number of halogens is 2. The van der Waals surface area contributed by atoms with E-state index < -0.39 is 22.8 Å². The van der Waals surface area contributed by atoms with Crippen LogP contribution in [0, 0.1) is 17.6 Å². The number of hydrogen-bond acceptors (Lipinski definition) is 2. The zero-order chi connectivity index (χ0) is 19.6. The van der Waals surface area contributed by atoms with E-state index in [9.17, 15) is 18.1 Å². The molecule has 1 aliphatic heterocycles. The van der Waals surface area contributed by atoms with Gasteiger partial charge in [0.15, 0.2) is 4.90 Å². The fourth-order valence-electron chi connectivity index (χ4n) is 3.57. The van der Waals surface area contributed by atoms with Gasteiger partial charge in [-0.2, -0.15) is 0 Å². The zero-order valence-corrected chi connectivity index (χ0v) is 16.3. The number of benzene rings is 2. The second-order valence-electron chi connectivity index (χ2n) is 6.99. The first-order valence-corrected chi connectivity index (χ1v) is 10.3. The topological polar surface area (TPSA) is 43.4 Å². The molecule has 3 rings (SSSR count). The molecule has 0 N–H and O–H groups in total. The number of carbonyl (C=O) groups is 1. The summed E-state index contributed by atoms with van der Waals surface area (Å²) in [5.74, 6) is -0.838. The summed E-state index contributed by atoms with van der Waals surface area (Å²) in [6.07, 6.45) is 1.71. The maximum absolute atomic E-state index is 13.9. The van der Waals surface area contributed by atoms with Crippen LogP contribution in [0.4, 0.5) is 8.78 Å². The predicted octanol–water partition coefficient (Wildman–Crippen LogP) is 4.39. The van der Waals surface area contributed by atoms with Crippen molar-refractivity contribution < 1.29 is 18.1 Å². The minimum atomic E-state index is -1.18. The minimum absolute atomic E-state index is 0.0208. The third-order valence-corrected chi connectivity index (χ3v) is 7.11. The molecule has 0 spiro atoms. The number of carbonyl (C=O) groups excluding carboxylic acids is 1. The van der Waals surface area contributed by atoms with Crippen LogP contribution in [0.2, 0.25) is 0 Å². The molecular formula is C21H23F2NO2S. The van der Waals surface area contributed by atoms with Crippen molar-refractivity contribution in [3.05, 3.63) is 54.1 Å². The molecule has 1 fully saturated rings. The standard InChI is InChI=1S/C21H23F2NO2S/c1-14(16-9-11-24(12-10-16)15(2)25)27(26)19-6-3-17(4-7-19)20-8-5-18(22)13-21(20)23/h3-8,13-14,16H,9-12H2,1-2H3. The second-order valence-corrected chi connectivity index (χ2v) is 8.80. The summed E-state index contributed by atoms with van der Waals surface area (Å²) >= 11 is -1.18. The third kappa shape index (κ3) is 4.50.